The van der Waals surface area contributed by atoms with Gasteiger partial charge in [0.05, 0.1) is 5.02 Å². The number of halogens is 2. The zero-order valence-corrected chi connectivity index (χ0v) is 16.7. The van der Waals surface area contributed by atoms with Gasteiger partial charge in [-0.15, -0.1) is 0 Å². The second kappa shape index (κ2) is 8.08. The van der Waals surface area contributed by atoms with Gasteiger partial charge in [0, 0.05) is 37.1 Å². The lowest BCUT2D eigenvalue weighted by Crippen LogP contribution is -2.39. The van der Waals surface area contributed by atoms with Crippen LogP contribution in [-0.4, -0.2) is 38.0 Å². The topological polar surface area (TPSA) is 75.2 Å². The Bertz CT molecular complexity index is 870. The number of aryl methyl sites for hydroxylation is 1. The largest absolute Gasteiger partial charge is 0.341 e. The smallest absolute Gasteiger partial charge is 0.242 e. The van der Waals surface area contributed by atoms with Crippen molar-refractivity contribution in [2.45, 2.75) is 24.7 Å². The summed E-state index contributed by atoms with van der Waals surface area (Å²) < 4.78 is 27.8. The molecule has 0 saturated carbocycles. The Morgan fingerprint density at radius 3 is 2.46 bits per heavy atom. The first-order valence-electron chi connectivity index (χ1n) is 8.34. The van der Waals surface area contributed by atoms with Gasteiger partial charge in [-0.25, -0.2) is 23.1 Å². The first-order valence-corrected chi connectivity index (χ1v) is 10.6. The van der Waals surface area contributed by atoms with Crippen molar-refractivity contribution in [1.29, 1.82) is 0 Å². The number of piperidine rings is 1. The molecule has 2 heterocycles. The van der Waals surface area contributed by atoms with Crippen LogP contribution in [0.4, 0.5) is 5.95 Å². The van der Waals surface area contributed by atoms with Gasteiger partial charge in [-0.2, -0.15) is 0 Å². The van der Waals surface area contributed by atoms with Gasteiger partial charge in [0.25, 0.3) is 0 Å². The molecule has 1 fully saturated rings. The maximum absolute atomic E-state index is 12.6. The summed E-state index contributed by atoms with van der Waals surface area (Å²) in [5.74, 6) is 0.979. The van der Waals surface area contributed by atoms with Crippen molar-refractivity contribution < 1.29 is 8.42 Å². The fraction of sp³-hybridized carbons (Fsp3) is 0.412. The van der Waals surface area contributed by atoms with Gasteiger partial charge >= 0.3 is 0 Å². The third kappa shape index (κ3) is 4.46. The Hall–Kier alpha value is -1.41. The summed E-state index contributed by atoms with van der Waals surface area (Å²) >= 11 is 12.1. The lowest BCUT2D eigenvalue weighted by atomic mass is 9.97. The summed E-state index contributed by atoms with van der Waals surface area (Å²) in [6.07, 6.45) is 5.18. The number of sulfonamides is 1. The van der Waals surface area contributed by atoms with Gasteiger partial charge < -0.3 is 4.90 Å². The van der Waals surface area contributed by atoms with E-state index in [9.17, 15) is 8.42 Å². The Kier molecular flexibility index (Phi) is 6.02. The molecule has 26 heavy (non-hydrogen) atoms. The molecule has 1 saturated heterocycles. The molecule has 0 atom stereocenters. The van der Waals surface area contributed by atoms with Crippen molar-refractivity contribution in [3.63, 3.8) is 0 Å². The highest BCUT2D eigenvalue weighted by atomic mass is 35.5. The van der Waals surface area contributed by atoms with E-state index < -0.39 is 10.0 Å². The predicted molar refractivity (Wildman–Crippen MR) is 103 cm³/mol. The summed E-state index contributed by atoms with van der Waals surface area (Å²) in [4.78, 5) is 10.7. The van der Waals surface area contributed by atoms with Crippen LogP contribution in [0.15, 0.2) is 35.5 Å². The second-order valence-corrected chi connectivity index (χ2v) is 8.91. The molecule has 0 aliphatic carbocycles. The molecule has 1 aliphatic heterocycles. The van der Waals surface area contributed by atoms with Gasteiger partial charge in [-0.1, -0.05) is 23.2 Å². The Morgan fingerprint density at radius 1 is 1.15 bits per heavy atom. The number of aromatic nitrogens is 2. The number of nitrogens with one attached hydrogen (secondary N) is 1. The third-order valence-corrected chi connectivity index (χ3v) is 6.81. The monoisotopic (exact) mass is 414 g/mol. The summed E-state index contributed by atoms with van der Waals surface area (Å²) in [6.45, 7) is 3.73. The number of nitrogens with zero attached hydrogens (tertiary/aromatic N) is 3. The highest BCUT2D eigenvalue weighted by Crippen LogP contribution is 2.28. The van der Waals surface area contributed by atoms with Crippen molar-refractivity contribution in [3.8, 4) is 0 Å². The Balaban J connectivity index is 1.59. The Labute approximate surface area is 163 Å². The van der Waals surface area contributed by atoms with E-state index in [1.54, 1.807) is 25.4 Å². The van der Waals surface area contributed by atoms with Crippen LogP contribution in [0.1, 0.15) is 18.4 Å². The molecule has 1 aromatic heterocycles. The standard InChI is InChI=1S/C17H20Cl2N4O2S/c1-12-9-16(15(19)10-14(12)18)26(24,25)22-11-13-3-7-23(8-4-13)17-20-5-2-6-21-17/h2,5-6,9-10,13,22H,3-4,7-8,11H2,1H3. The van der Waals surface area contributed by atoms with E-state index in [0.717, 1.165) is 31.9 Å². The molecule has 140 valence electrons. The molecule has 1 aliphatic rings. The van der Waals surface area contributed by atoms with Crippen molar-refractivity contribution in [2.24, 2.45) is 5.92 Å². The zero-order valence-electron chi connectivity index (χ0n) is 14.3. The van der Waals surface area contributed by atoms with E-state index >= 15 is 0 Å². The average Bonchev–Trinajstić information content (AvgIpc) is 2.64. The van der Waals surface area contributed by atoms with Crippen LogP contribution in [0.5, 0.6) is 0 Å². The van der Waals surface area contributed by atoms with E-state index in [2.05, 4.69) is 19.6 Å². The van der Waals surface area contributed by atoms with Crippen molar-refractivity contribution in [3.05, 3.63) is 46.2 Å². The first kappa shape index (κ1) is 19.4. The predicted octanol–water partition coefficient (Wildman–Crippen LogP) is 3.29. The molecule has 0 spiro atoms. The minimum atomic E-state index is -3.67. The van der Waals surface area contributed by atoms with E-state index in [0.29, 0.717) is 17.1 Å². The lowest BCUT2D eigenvalue weighted by molar-refractivity contribution is 0.399. The quantitative estimate of drug-likeness (QED) is 0.811. The minimum Gasteiger partial charge on any atom is -0.341 e. The summed E-state index contributed by atoms with van der Waals surface area (Å²) in [5, 5.41) is 0.577. The molecule has 3 rings (SSSR count). The average molecular weight is 415 g/mol. The van der Waals surface area contributed by atoms with E-state index in [-0.39, 0.29) is 15.8 Å². The van der Waals surface area contributed by atoms with Gasteiger partial charge in [-0.3, -0.25) is 0 Å². The summed E-state index contributed by atoms with van der Waals surface area (Å²) in [7, 11) is -3.67. The number of benzene rings is 1. The van der Waals surface area contributed by atoms with Crippen molar-refractivity contribution in [2.75, 3.05) is 24.5 Å². The molecule has 1 aromatic carbocycles. The summed E-state index contributed by atoms with van der Waals surface area (Å²) in [5.41, 5.74) is 0.674. The molecule has 0 amide bonds. The number of anilines is 1. The number of hydrogen-bond donors (Lipinski definition) is 1. The SMILES string of the molecule is Cc1cc(S(=O)(=O)NCC2CCN(c3ncccn3)CC2)c(Cl)cc1Cl. The van der Waals surface area contributed by atoms with Crippen LogP contribution in [0, 0.1) is 12.8 Å². The molecule has 6 nitrogen and oxygen atoms in total. The van der Waals surface area contributed by atoms with E-state index in [4.69, 9.17) is 23.2 Å². The minimum absolute atomic E-state index is 0.0659. The second-order valence-electron chi connectivity index (χ2n) is 6.36. The summed E-state index contributed by atoms with van der Waals surface area (Å²) in [6, 6.07) is 4.75. The number of hydrogen-bond acceptors (Lipinski definition) is 5. The van der Waals surface area contributed by atoms with Crippen molar-refractivity contribution in [1.82, 2.24) is 14.7 Å². The highest BCUT2D eigenvalue weighted by molar-refractivity contribution is 7.89. The number of rotatable bonds is 5. The van der Waals surface area contributed by atoms with Gasteiger partial charge in [0.2, 0.25) is 16.0 Å². The van der Waals surface area contributed by atoms with Gasteiger partial charge in [-0.05, 0) is 49.4 Å². The molecule has 1 N–H and O–H groups in total. The normalized spacial score (nSPS) is 16.0. The van der Waals surface area contributed by atoms with Crippen LogP contribution in [0.3, 0.4) is 0 Å². The molecule has 0 unspecified atom stereocenters. The van der Waals surface area contributed by atoms with Crippen molar-refractivity contribution >= 4 is 39.2 Å². The highest BCUT2D eigenvalue weighted by Gasteiger charge is 2.24. The van der Waals surface area contributed by atoms with Crippen LogP contribution in [0.2, 0.25) is 10.0 Å². The van der Waals surface area contributed by atoms with Crippen LogP contribution >= 0.6 is 23.2 Å². The van der Waals surface area contributed by atoms with Gasteiger partial charge in [0.1, 0.15) is 4.90 Å². The van der Waals surface area contributed by atoms with Crippen LogP contribution in [-0.2, 0) is 10.0 Å². The van der Waals surface area contributed by atoms with E-state index in [1.165, 1.54) is 12.1 Å². The van der Waals surface area contributed by atoms with Gasteiger partial charge in [0.15, 0.2) is 0 Å². The molecule has 0 bridgehead atoms. The maximum Gasteiger partial charge on any atom is 0.242 e. The molecular formula is C17H20Cl2N4O2S. The Morgan fingerprint density at radius 2 is 1.81 bits per heavy atom. The third-order valence-electron chi connectivity index (χ3n) is 4.51. The molecule has 2 aromatic rings. The molecule has 9 heteroatoms. The fourth-order valence-corrected chi connectivity index (χ4v) is 4.88. The van der Waals surface area contributed by atoms with E-state index in [1.807, 2.05) is 0 Å². The first-order chi connectivity index (χ1) is 12.4. The maximum atomic E-state index is 12.6. The van der Waals surface area contributed by atoms with Crippen LogP contribution < -0.4 is 9.62 Å². The van der Waals surface area contributed by atoms with Crippen LogP contribution in [0.25, 0.3) is 0 Å². The lowest BCUT2D eigenvalue weighted by Gasteiger charge is -2.31. The zero-order chi connectivity index (χ0) is 18.7. The molecule has 0 radical (unpaired) electrons. The fourth-order valence-electron chi connectivity index (χ4n) is 2.93. The molecular weight excluding hydrogens is 395 g/mol.